The minimum absolute atomic E-state index is 0.196. The molecule has 2 aromatic heterocycles. The average Bonchev–Trinajstić information content (AvgIpc) is 3.27. The van der Waals surface area contributed by atoms with Crippen LogP contribution in [-0.2, 0) is 13.1 Å². The van der Waals surface area contributed by atoms with Gasteiger partial charge in [0.05, 0.1) is 18.8 Å². The molecule has 152 valence electrons. The lowest BCUT2D eigenvalue weighted by molar-refractivity contribution is 0.102. The van der Waals surface area contributed by atoms with Crippen molar-refractivity contribution in [3.05, 3.63) is 100.0 Å². The maximum Gasteiger partial charge on any atom is 0.256 e. The first-order valence-electron chi connectivity index (χ1n) is 9.65. The third-order valence-corrected chi connectivity index (χ3v) is 4.98. The molecule has 0 saturated heterocycles. The highest BCUT2D eigenvalue weighted by atomic mass is 35.5. The van der Waals surface area contributed by atoms with Crippen LogP contribution in [0.15, 0.2) is 66.9 Å². The van der Waals surface area contributed by atoms with Gasteiger partial charge in [-0.15, -0.1) is 0 Å². The number of rotatable bonds is 6. The summed E-state index contributed by atoms with van der Waals surface area (Å²) in [6, 6.07) is 19.0. The number of halogens is 1. The predicted molar refractivity (Wildman–Crippen MR) is 118 cm³/mol. The number of aromatic nitrogens is 4. The molecule has 0 saturated carbocycles. The number of carbonyl (C=O) groups excluding carboxylic acids is 1. The Morgan fingerprint density at radius 1 is 0.967 bits per heavy atom. The number of hydrogen-bond acceptors (Lipinski definition) is 3. The Morgan fingerprint density at radius 3 is 2.47 bits per heavy atom. The molecule has 0 fully saturated rings. The van der Waals surface area contributed by atoms with E-state index in [2.05, 4.69) is 15.5 Å². The maximum atomic E-state index is 12.7. The molecule has 2 aromatic carbocycles. The van der Waals surface area contributed by atoms with Crippen LogP contribution in [0.5, 0.6) is 0 Å². The molecule has 0 aliphatic heterocycles. The van der Waals surface area contributed by atoms with Crippen LogP contribution in [0.3, 0.4) is 0 Å². The zero-order valence-electron chi connectivity index (χ0n) is 16.8. The van der Waals surface area contributed by atoms with Crippen LogP contribution in [-0.4, -0.2) is 25.5 Å². The summed E-state index contributed by atoms with van der Waals surface area (Å²) >= 11 is 6.03. The molecule has 30 heavy (non-hydrogen) atoms. The molecular weight excluding hydrogens is 398 g/mol. The van der Waals surface area contributed by atoms with Gasteiger partial charge in [0.25, 0.3) is 5.91 Å². The van der Waals surface area contributed by atoms with Crippen molar-refractivity contribution >= 4 is 23.3 Å². The van der Waals surface area contributed by atoms with Gasteiger partial charge in [-0.1, -0.05) is 35.9 Å². The van der Waals surface area contributed by atoms with Crippen molar-refractivity contribution in [2.45, 2.75) is 26.9 Å². The van der Waals surface area contributed by atoms with Crippen LogP contribution in [0.4, 0.5) is 5.82 Å². The second kappa shape index (κ2) is 8.55. The molecule has 4 rings (SSSR count). The highest BCUT2D eigenvalue weighted by Gasteiger charge is 2.10. The molecular formula is C23H22ClN5O. The van der Waals surface area contributed by atoms with Crippen LogP contribution in [0, 0.1) is 13.8 Å². The lowest BCUT2D eigenvalue weighted by atomic mass is 10.1. The average molecular weight is 420 g/mol. The van der Waals surface area contributed by atoms with Gasteiger partial charge >= 0.3 is 0 Å². The number of carbonyl (C=O) groups is 1. The molecule has 1 N–H and O–H groups in total. The number of amides is 1. The van der Waals surface area contributed by atoms with E-state index in [-0.39, 0.29) is 5.91 Å². The van der Waals surface area contributed by atoms with Gasteiger partial charge in [0, 0.05) is 28.5 Å². The number of nitrogens with zero attached hydrogens (tertiary/aromatic N) is 4. The fourth-order valence-electron chi connectivity index (χ4n) is 3.35. The summed E-state index contributed by atoms with van der Waals surface area (Å²) in [5.74, 6) is 0.309. The molecule has 0 spiro atoms. The van der Waals surface area contributed by atoms with Crippen LogP contribution in [0.25, 0.3) is 0 Å². The Labute approximate surface area is 180 Å². The highest BCUT2D eigenvalue weighted by Crippen LogP contribution is 2.14. The van der Waals surface area contributed by atoms with Crippen LogP contribution in [0.1, 0.15) is 32.9 Å². The minimum Gasteiger partial charge on any atom is -0.305 e. The molecule has 0 aliphatic rings. The Balaban J connectivity index is 1.43. The molecule has 1 amide bonds. The van der Waals surface area contributed by atoms with E-state index < -0.39 is 0 Å². The quantitative estimate of drug-likeness (QED) is 0.492. The van der Waals surface area contributed by atoms with Gasteiger partial charge < -0.3 is 5.32 Å². The van der Waals surface area contributed by atoms with Crippen molar-refractivity contribution in [1.29, 1.82) is 0 Å². The van der Waals surface area contributed by atoms with Crippen molar-refractivity contribution in [2.75, 3.05) is 5.32 Å². The monoisotopic (exact) mass is 419 g/mol. The van der Waals surface area contributed by atoms with Crippen molar-refractivity contribution in [1.82, 2.24) is 19.6 Å². The van der Waals surface area contributed by atoms with Crippen LogP contribution < -0.4 is 5.32 Å². The minimum atomic E-state index is -0.196. The number of anilines is 1. The molecule has 0 bridgehead atoms. The normalized spacial score (nSPS) is 10.9. The standard InChI is InChI=1S/C23H22ClN5O/c1-16-11-17(2)29(26-16)15-18-5-3-7-20(12-18)23(30)25-22-9-10-28(27-22)14-19-6-4-8-21(24)13-19/h3-13H,14-15H2,1-2H3,(H,25,27,30). The lowest BCUT2D eigenvalue weighted by Crippen LogP contribution is -2.13. The SMILES string of the molecule is Cc1cc(C)n(Cc2cccc(C(=O)Nc3ccn(Cc4cccc(Cl)c4)n3)c2)n1. The molecule has 4 aromatic rings. The van der Waals surface area contributed by atoms with Gasteiger partial charge in [0.2, 0.25) is 0 Å². The number of aryl methyl sites for hydroxylation is 2. The van der Waals surface area contributed by atoms with Gasteiger partial charge in [-0.3, -0.25) is 14.2 Å². The summed E-state index contributed by atoms with van der Waals surface area (Å²) < 4.78 is 3.70. The lowest BCUT2D eigenvalue weighted by Gasteiger charge is -2.07. The van der Waals surface area contributed by atoms with E-state index in [9.17, 15) is 4.79 Å². The number of hydrogen-bond donors (Lipinski definition) is 1. The predicted octanol–water partition coefficient (Wildman–Crippen LogP) is 4.70. The molecule has 6 nitrogen and oxygen atoms in total. The fourth-order valence-corrected chi connectivity index (χ4v) is 3.56. The smallest absolute Gasteiger partial charge is 0.256 e. The van der Waals surface area contributed by atoms with Crippen molar-refractivity contribution < 1.29 is 4.79 Å². The fraction of sp³-hybridized carbons (Fsp3) is 0.174. The summed E-state index contributed by atoms with van der Waals surface area (Å²) in [6.07, 6.45) is 1.83. The summed E-state index contributed by atoms with van der Waals surface area (Å²) in [5, 5.41) is 12.5. The Morgan fingerprint density at radius 2 is 1.73 bits per heavy atom. The topological polar surface area (TPSA) is 64.7 Å². The molecule has 0 aliphatic carbocycles. The van der Waals surface area contributed by atoms with Crippen molar-refractivity contribution in [3.8, 4) is 0 Å². The summed E-state index contributed by atoms with van der Waals surface area (Å²) in [6.45, 7) is 5.19. The second-order valence-corrected chi connectivity index (χ2v) is 7.70. The third-order valence-electron chi connectivity index (χ3n) is 4.74. The van der Waals surface area contributed by atoms with Crippen molar-refractivity contribution in [3.63, 3.8) is 0 Å². The van der Waals surface area contributed by atoms with E-state index >= 15 is 0 Å². The van der Waals surface area contributed by atoms with E-state index in [1.807, 2.05) is 73.3 Å². The van der Waals surface area contributed by atoms with E-state index in [0.717, 1.165) is 22.5 Å². The summed E-state index contributed by atoms with van der Waals surface area (Å²) in [7, 11) is 0. The number of nitrogens with one attached hydrogen (secondary N) is 1. The molecule has 7 heteroatoms. The zero-order valence-corrected chi connectivity index (χ0v) is 17.6. The van der Waals surface area contributed by atoms with Crippen LogP contribution >= 0.6 is 11.6 Å². The first-order chi connectivity index (χ1) is 14.5. The molecule has 0 atom stereocenters. The number of benzene rings is 2. The van der Waals surface area contributed by atoms with E-state index in [1.165, 1.54) is 0 Å². The Hall–Kier alpha value is -3.38. The molecule has 2 heterocycles. The zero-order chi connectivity index (χ0) is 21.1. The Bertz CT molecular complexity index is 1190. The first kappa shape index (κ1) is 19.9. The molecule has 0 radical (unpaired) electrons. The second-order valence-electron chi connectivity index (χ2n) is 7.27. The maximum absolute atomic E-state index is 12.7. The first-order valence-corrected chi connectivity index (χ1v) is 10.0. The van der Waals surface area contributed by atoms with E-state index in [4.69, 9.17) is 11.6 Å². The highest BCUT2D eigenvalue weighted by molar-refractivity contribution is 6.30. The van der Waals surface area contributed by atoms with E-state index in [0.29, 0.717) is 29.5 Å². The largest absolute Gasteiger partial charge is 0.305 e. The van der Waals surface area contributed by atoms with Gasteiger partial charge in [-0.05, 0) is 55.3 Å². The van der Waals surface area contributed by atoms with E-state index in [1.54, 1.807) is 16.8 Å². The van der Waals surface area contributed by atoms with Gasteiger partial charge in [-0.2, -0.15) is 10.2 Å². The van der Waals surface area contributed by atoms with Crippen LogP contribution in [0.2, 0.25) is 5.02 Å². The molecule has 0 unspecified atom stereocenters. The van der Waals surface area contributed by atoms with Crippen molar-refractivity contribution in [2.24, 2.45) is 0 Å². The summed E-state index contributed by atoms with van der Waals surface area (Å²) in [4.78, 5) is 12.7. The third kappa shape index (κ3) is 4.78. The van der Waals surface area contributed by atoms with Gasteiger partial charge in [0.1, 0.15) is 0 Å². The van der Waals surface area contributed by atoms with Gasteiger partial charge in [-0.25, -0.2) is 0 Å². The van der Waals surface area contributed by atoms with Gasteiger partial charge in [0.15, 0.2) is 5.82 Å². The Kier molecular flexibility index (Phi) is 5.68. The summed E-state index contributed by atoms with van der Waals surface area (Å²) in [5.41, 5.74) is 4.71.